The topological polar surface area (TPSA) is 63.8 Å². The summed E-state index contributed by atoms with van der Waals surface area (Å²) in [5, 5.41) is 4.31. The molecule has 0 atom stereocenters. The lowest BCUT2D eigenvalue weighted by molar-refractivity contribution is 1.10. The van der Waals surface area contributed by atoms with Crippen LogP contribution in [0.1, 0.15) is 15.6 Å². The van der Waals surface area contributed by atoms with Gasteiger partial charge in [-0.05, 0) is 19.1 Å². The molecule has 3 N–H and O–H groups in total. The molecular weight excluding hydrogens is 252 g/mol. The highest BCUT2D eigenvalue weighted by Gasteiger charge is 2.01. The summed E-state index contributed by atoms with van der Waals surface area (Å²) in [7, 11) is 0. The minimum Gasteiger partial charge on any atom is -0.388 e. The van der Waals surface area contributed by atoms with E-state index in [1.165, 1.54) is 4.88 Å². The van der Waals surface area contributed by atoms with Gasteiger partial charge in [0.2, 0.25) is 0 Å². The predicted octanol–water partition coefficient (Wildman–Crippen LogP) is 2.09. The van der Waals surface area contributed by atoms with Crippen molar-refractivity contribution < 1.29 is 0 Å². The summed E-state index contributed by atoms with van der Waals surface area (Å²) < 4.78 is 0. The Morgan fingerprint density at radius 1 is 1.53 bits per heavy atom. The second-order valence-electron chi connectivity index (χ2n) is 3.51. The maximum absolute atomic E-state index is 5.52. The Morgan fingerprint density at radius 2 is 2.35 bits per heavy atom. The fourth-order valence-electron chi connectivity index (χ4n) is 1.34. The maximum atomic E-state index is 5.52. The molecule has 0 fully saturated rings. The summed E-state index contributed by atoms with van der Waals surface area (Å²) in [6.07, 6.45) is 3.55. The Morgan fingerprint density at radius 3 is 3.00 bits per heavy atom. The Hall–Kier alpha value is -1.53. The van der Waals surface area contributed by atoms with Crippen LogP contribution in [0, 0.1) is 6.92 Å². The number of thiazole rings is 1. The van der Waals surface area contributed by atoms with E-state index in [0.717, 1.165) is 10.7 Å². The second-order valence-corrected chi connectivity index (χ2v) is 5.27. The van der Waals surface area contributed by atoms with Crippen LogP contribution in [0.2, 0.25) is 0 Å². The fraction of sp³-hybridized carbons (Fsp3) is 0.182. The van der Waals surface area contributed by atoms with Crippen LogP contribution < -0.4 is 11.1 Å². The summed E-state index contributed by atoms with van der Waals surface area (Å²) >= 11 is 6.56. The van der Waals surface area contributed by atoms with Gasteiger partial charge in [0.05, 0.1) is 12.2 Å². The van der Waals surface area contributed by atoms with Crippen LogP contribution in [-0.2, 0) is 6.54 Å². The molecule has 0 radical (unpaired) electrons. The number of anilines is 1. The molecule has 2 heterocycles. The molecular formula is C11H12N4S2. The number of pyridine rings is 1. The molecule has 2 aromatic heterocycles. The molecule has 17 heavy (non-hydrogen) atoms. The number of thiocarbonyl (C=S) groups is 1. The molecule has 2 rings (SSSR count). The van der Waals surface area contributed by atoms with E-state index in [-0.39, 0.29) is 0 Å². The average Bonchev–Trinajstić information content (AvgIpc) is 2.73. The highest BCUT2D eigenvalue weighted by atomic mass is 32.1. The number of aryl methyl sites for hydroxylation is 1. The Kier molecular flexibility index (Phi) is 3.65. The monoisotopic (exact) mass is 264 g/mol. The molecule has 0 saturated carbocycles. The van der Waals surface area contributed by atoms with Crippen molar-refractivity contribution >= 4 is 34.2 Å². The predicted molar refractivity (Wildman–Crippen MR) is 74.3 cm³/mol. The molecule has 0 spiro atoms. The van der Waals surface area contributed by atoms with Crippen molar-refractivity contribution in [1.29, 1.82) is 0 Å². The first-order valence-corrected chi connectivity index (χ1v) is 6.28. The van der Waals surface area contributed by atoms with Gasteiger partial charge in [-0.15, -0.1) is 11.3 Å². The molecule has 0 aliphatic rings. The van der Waals surface area contributed by atoms with Crippen molar-refractivity contribution in [1.82, 2.24) is 9.97 Å². The SMILES string of the molecule is Cc1cnc(CNc2ccnc(C(N)=S)c2)s1. The summed E-state index contributed by atoms with van der Waals surface area (Å²) in [5.41, 5.74) is 7.09. The highest BCUT2D eigenvalue weighted by molar-refractivity contribution is 7.80. The minimum atomic E-state index is 0.304. The van der Waals surface area contributed by atoms with Gasteiger partial charge in [0.1, 0.15) is 10.00 Å². The number of rotatable bonds is 4. The smallest absolute Gasteiger partial charge is 0.122 e. The number of nitrogens with two attached hydrogens (primary N) is 1. The largest absolute Gasteiger partial charge is 0.388 e. The normalized spacial score (nSPS) is 10.2. The fourth-order valence-corrected chi connectivity index (χ4v) is 2.17. The van der Waals surface area contributed by atoms with E-state index in [9.17, 15) is 0 Å². The van der Waals surface area contributed by atoms with Gasteiger partial charge < -0.3 is 11.1 Å². The van der Waals surface area contributed by atoms with Crippen molar-refractivity contribution in [2.24, 2.45) is 5.73 Å². The van der Waals surface area contributed by atoms with E-state index < -0.39 is 0 Å². The number of hydrogen-bond donors (Lipinski definition) is 2. The third-order valence-corrected chi connectivity index (χ3v) is 3.25. The van der Waals surface area contributed by atoms with Crippen LogP contribution in [0.3, 0.4) is 0 Å². The van der Waals surface area contributed by atoms with Gasteiger partial charge in [0.15, 0.2) is 0 Å². The molecule has 2 aromatic rings. The molecule has 0 aromatic carbocycles. The van der Waals surface area contributed by atoms with Gasteiger partial charge in [-0.3, -0.25) is 4.98 Å². The molecule has 4 nitrogen and oxygen atoms in total. The van der Waals surface area contributed by atoms with Crippen molar-refractivity contribution in [3.8, 4) is 0 Å². The summed E-state index contributed by atoms with van der Waals surface area (Å²) in [4.78, 5) is 9.87. The number of aromatic nitrogens is 2. The number of hydrogen-bond acceptors (Lipinski definition) is 5. The van der Waals surface area contributed by atoms with Crippen LogP contribution in [-0.4, -0.2) is 15.0 Å². The Balaban J connectivity index is 2.04. The van der Waals surface area contributed by atoms with E-state index >= 15 is 0 Å². The van der Waals surface area contributed by atoms with E-state index in [4.69, 9.17) is 18.0 Å². The third kappa shape index (κ3) is 3.21. The zero-order valence-corrected chi connectivity index (χ0v) is 10.9. The van der Waals surface area contributed by atoms with Crippen LogP contribution in [0.5, 0.6) is 0 Å². The first kappa shape index (κ1) is 11.9. The lowest BCUT2D eigenvalue weighted by atomic mass is 10.3. The van der Waals surface area contributed by atoms with Crippen LogP contribution in [0.25, 0.3) is 0 Å². The zero-order chi connectivity index (χ0) is 12.3. The Labute approximate surface area is 109 Å². The third-order valence-electron chi connectivity index (χ3n) is 2.13. The van der Waals surface area contributed by atoms with E-state index in [2.05, 4.69) is 15.3 Å². The first-order chi connectivity index (χ1) is 8.15. The van der Waals surface area contributed by atoms with Gasteiger partial charge >= 0.3 is 0 Å². The lowest BCUT2D eigenvalue weighted by Gasteiger charge is -2.05. The molecule has 0 aliphatic carbocycles. The molecule has 0 saturated heterocycles. The van der Waals surface area contributed by atoms with E-state index in [1.807, 2.05) is 25.3 Å². The molecule has 88 valence electrons. The number of nitrogens with one attached hydrogen (secondary N) is 1. The van der Waals surface area contributed by atoms with Crippen molar-refractivity contribution in [2.75, 3.05) is 5.32 Å². The lowest BCUT2D eigenvalue weighted by Crippen LogP contribution is -2.12. The van der Waals surface area contributed by atoms with Crippen LogP contribution in [0.4, 0.5) is 5.69 Å². The van der Waals surface area contributed by atoms with Gasteiger partial charge in [-0.25, -0.2) is 4.98 Å². The quantitative estimate of drug-likeness (QED) is 0.828. The van der Waals surface area contributed by atoms with Crippen molar-refractivity contribution in [3.05, 3.63) is 40.1 Å². The van der Waals surface area contributed by atoms with Gasteiger partial charge in [-0.2, -0.15) is 0 Å². The minimum absolute atomic E-state index is 0.304. The van der Waals surface area contributed by atoms with Crippen LogP contribution >= 0.6 is 23.6 Å². The first-order valence-electron chi connectivity index (χ1n) is 5.06. The summed E-state index contributed by atoms with van der Waals surface area (Å²) in [5.74, 6) is 0. The highest BCUT2D eigenvalue weighted by Crippen LogP contribution is 2.14. The van der Waals surface area contributed by atoms with Gasteiger partial charge in [0.25, 0.3) is 0 Å². The average molecular weight is 264 g/mol. The second kappa shape index (κ2) is 5.20. The summed E-state index contributed by atoms with van der Waals surface area (Å²) in [6, 6.07) is 3.71. The molecule has 0 aliphatic heterocycles. The summed E-state index contributed by atoms with van der Waals surface area (Å²) in [6.45, 7) is 2.73. The van der Waals surface area contributed by atoms with Crippen molar-refractivity contribution in [2.45, 2.75) is 13.5 Å². The van der Waals surface area contributed by atoms with E-state index in [0.29, 0.717) is 17.2 Å². The van der Waals surface area contributed by atoms with E-state index in [1.54, 1.807) is 17.5 Å². The molecule has 0 unspecified atom stereocenters. The standard InChI is InChI=1S/C11H12N4S2/c1-7-5-15-10(17-7)6-14-8-2-3-13-9(4-8)11(12)16/h2-5H,6H2,1H3,(H2,12,16)(H,13,14). The molecule has 0 amide bonds. The number of nitrogens with zero attached hydrogens (tertiary/aromatic N) is 2. The van der Waals surface area contributed by atoms with Gasteiger partial charge in [-0.1, -0.05) is 12.2 Å². The molecule has 6 heteroatoms. The maximum Gasteiger partial charge on any atom is 0.122 e. The molecule has 0 bridgehead atoms. The van der Waals surface area contributed by atoms with Crippen molar-refractivity contribution in [3.63, 3.8) is 0 Å². The zero-order valence-electron chi connectivity index (χ0n) is 9.30. The van der Waals surface area contributed by atoms with Crippen LogP contribution in [0.15, 0.2) is 24.5 Å². The van der Waals surface area contributed by atoms with Gasteiger partial charge in [0, 0.05) is 23.0 Å². The Bertz CT molecular complexity index is 536.